The second-order valence-corrected chi connectivity index (χ2v) is 7.66. The zero-order valence-corrected chi connectivity index (χ0v) is 16.7. The number of aryl methyl sites for hydroxylation is 3. The second-order valence-electron chi connectivity index (χ2n) is 7.66. The van der Waals surface area contributed by atoms with E-state index in [9.17, 15) is 9.59 Å². The molecule has 1 aliphatic heterocycles. The highest BCUT2D eigenvalue weighted by Gasteiger charge is 2.28. The van der Waals surface area contributed by atoms with E-state index in [4.69, 9.17) is 14.0 Å². The molecule has 0 bridgehead atoms. The molecule has 0 spiro atoms. The maximum absolute atomic E-state index is 13.4. The molecule has 0 atom stereocenters. The Morgan fingerprint density at radius 2 is 1.93 bits per heavy atom. The Morgan fingerprint density at radius 1 is 1.21 bits per heavy atom. The van der Waals surface area contributed by atoms with Crippen LogP contribution in [0, 0.1) is 26.7 Å². The molecule has 0 aliphatic carbocycles. The van der Waals surface area contributed by atoms with E-state index in [1.807, 2.05) is 19.9 Å². The molecule has 0 aromatic carbocycles. The van der Waals surface area contributed by atoms with Gasteiger partial charge in [0.1, 0.15) is 11.5 Å². The number of furan rings is 1. The van der Waals surface area contributed by atoms with Crippen molar-refractivity contribution in [1.29, 1.82) is 0 Å². The molecular formula is C21H23N3O5. The highest BCUT2D eigenvalue weighted by Crippen LogP contribution is 2.32. The van der Waals surface area contributed by atoms with E-state index >= 15 is 0 Å². The van der Waals surface area contributed by atoms with Gasteiger partial charge < -0.3 is 18.9 Å². The van der Waals surface area contributed by atoms with Crippen molar-refractivity contribution in [3.8, 4) is 11.3 Å². The maximum Gasteiger partial charge on any atom is 0.303 e. The summed E-state index contributed by atoms with van der Waals surface area (Å²) in [5, 5.41) is 13.6. The van der Waals surface area contributed by atoms with Crippen molar-refractivity contribution in [2.75, 3.05) is 13.1 Å². The van der Waals surface area contributed by atoms with E-state index in [0.29, 0.717) is 54.0 Å². The Bertz CT molecular complexity index is 1090. The molecule has 3 aromatic heterocycles. The van der Waals surface area contributed by atoms with Gasteiger partial charge in [-0.15, -0.1) is 0 Å². The van der Waals surface area contributed by atoms with Gasteiger partial charge in [-0.2, -0.15) is 0 Å². The van der Waals surface area contributed by atoms with E-state index in [0.717, 1.165) is 17.1 Å². The van der Waals surface area contributed by atoms with Crippen LogP contribution in [0.2, 0.25) is 0 Å². The second kappa shape index (κ2) is 7.35. The zero-order valence-electron chi connectivity index (χ0n) is 16.7. The van der Waals surface area contributed by atoms with Crippen LogP contribution in [0.4, 0.5) is 0 Å². The van der Waals surface area contributed by atoms with Gasteiger partial charge in [0.05, 0.1) is 22.3 Å². The third-order valence-electron chi connectivity index (χ3n) is 5.53. The van der Waals surface area contributed by atoms with Gasteiger partial charge in [0.15, 0.2) is 0 Å². The Morgan fingerprint density at radius 3 is 2.55 bits per heavy atom. The molecule has 1 amide bonds. The number of carbonyl (C=O) groups is 2. The lowest BCUT2D eigenvalue weighted by Gasteiger charge is -2.31. The van der Waals surface area contributed by atoms with Crippen LogP contribution in [-0.2, 0) is 4.79 Å². The molecule has 3 aromatic rings. The smallest absolute Gasteiger partial charge is 0.303 e. The van der Waals surface area contributed by atoms with E-state index in [-0.39, 0.29) is 18.2 Å². The summed E-state index contributed by atoms with van der Waals surface area (Å²) in [5.74, 6) is 0.691. The summed E-state index contributed by atoms with van der Waals surface area (Å²) in [7, 11) is 0. The molecule has 1 saturated heterocycles. The average molecular weight is 397 g/mol. The number of aromatic nitrogens is 2. The number of likely N-dealkylation sites (tertiary alicyclic amines) is 1. The first-order valence-electron chi connectivity index (χ1n) is 9.69. The first-order valence-corrected chi connectivity index (χ1v) is 9.69. The molecule has 29 heavy (non-hydrogen) atoms. The number of carboxylic acids is 1. The average Bonchev–Trinajstić information content (AvgIpc) is 3.22. The van der Waals surface area contributed by atoms with Gasteiger partial charge in [0.25, 0.3) is 11.6 Å². The number of nitrogens with zero attached hydrogens (tertiary/aromatic N) is 3. The van der Waals surface area contributed by atoms with Gasteiger partial charge in [-0.1, -0.05) is 5.16 Å². The molecule has 1 aliphatic rings. The number of carboxylic acid groups (broad SMARTS) is 1. The highest BCUT2D eigenvalue weighted by atomic mass is 16.5. The molecule has 4 heterocycles. The van der Waals surface area contributed by atoms with Crippen LogP contribution in [0.5, 0.6) is 0 Å². The van der Waals surface area contributed by atoms with Crippen LogP contribution in [-0.4, -0.2) is 45.1 Å². The first-order chi connectivity index (χ1) is 13.8. The predicted octanol–water partition coefficient (Wildman–Crippen LogP) is 3.73. The summed E-state index contributed by atoms with van der Waals surface area (Å²) in [6.45, 7) is 6.57. The fraction of sp³-hybridized carbons (Fsp3) is 0.429. The first kappa shape index (κ1) is 19.2. The molecular weight excluding hydrogens is 374 g/mol. The molecule has 0 unspecified atom stereocenters. The topological polar surface area (TPSA) is 110 Å². The molecule has 1 N–H and O–H groups in total. The summed E-state index contributed by atoms with van der Waals surface area (Å²) in [5.41, 5.74) is 2.85. The Labute approximate surface area is 167 Å². The number of pyridine rings is 1. The van der Waals surface area contributed by atoms with E-state index < -0.39 is 5.97 Å². The van der Waals surface area contributed by atoms with Crippen molar-refractivity contribution in [1.82, 2.24) is 15.0 Å². The van der Waals surface area contributed by atoms with Gasteiger partial charge in [-0.25, -0.2) is 4.98 Å². The van der Waals surface area contributed by atoms with Crippen LogP contribution in [0.15, 0.2) is 21.1 Å². The maximum atomic E-state index is 13.4. The van der Waals surface area contributed by atoms with Crippen LogP contribution in [0.3, 0.4) is 0 Å². The predicted molar refractivity (Wildman–Crippen MR) is 105 cm³/mol. The molecule has 4 rings (SSSR count). The fourth-order valence-electron chi connectivity index (χ4n) is 4.04. The molecule has 152 valence electrons. The van der Waals surface area contributed by atoms with Crippen LogP contribution in [0.25, 0.3) is 22.4 Å². The molecule has 0 radical (unpaired) electrons. The third kappa shape index (κ3) is 3.62. The highest BCUT2D eigenvalue weighted by molar-refractivity contribution is 6.07. The van der Waals surface area contributed by atoms with Crippen molar-refractivity contribution in [3.05, 3.63) is 34.9 Å². The van der Waals surface area contributed by atoms with Crippen molar-refractivity contribution in [2.24, 2.45) is 5.92 Å². The summed E-state index contributed by atoms with van der Waals surface area (Å²) in [6.07, 6.45) is 1.51. The lowest BCUT2D eigenvalue weighted by molar-refractivity contribution is -0.138. The normalized spacial score (nSPS) is 15.2. The standard InChI is InChI=1S/C21H23N3O5/c1-11-8-15(13(3)28-11)17-10-16(19-12(2)23-29-20(19)22-17)21(27)24-6-4-14(5-7-24)9-18(25)26/h8,10,14H,4-7,9H2,1-3H3,(H,25,26). The lowest BCUT2D eigenvalue weighted by Crippen LogP contribution is -2.39. The number of piperidine rings is 1. The van der Waals surface area contributed by atoms with E-state index in [2.05, 4.69) is 10.1 Å². The molecule has 0 saturated carbocycles. The molecule has 1 fully saturated rings. The molecule has 8 heteroatoms. The summed E-state index contributed by atoms with van der Waals surface area (Å²) in [6, 6.07) is 3.66. The Balaban J connectivity index is 1.69. The summed E-state index contributed by atoms with van der Waals surface area (Å²) in [4.78, 5) is 30.6. The Hall–Kier alpha value is -3.16. The van der Waals surface area contributed by atoms with Crippen LogP contribution >= 0.6 is 0 Å². The number of fused-ring (bicyclic) bond motifs is 1. The minimum absolute atomic E-state index is 0.110. The van der Waals surface area contributed by atoms with Gasteiger partial charge in [-0.05, 0) is 51.7 Å². The van der Waals surface area contributed by atoms with Gasteiger partial charge in [-0.3, -0.25) is 9.59 Å². The Kier molecular flexibility index (Phi) is 4.86. The fourth-order valence-corrected chi connectivity index (χ4v) is 4.04. The van der Waals surface area contributed by atoms with Crippen molar-refractivity contribution in [2.45, 2.75) is 40.0 Å². The summed E-state index contributed by atoms with van der Waals surface area (Å²) < 4.78 is 11.0. The lowest BCUT2D eigenvalue weighted by atomic mass is 9.93. The van der Waals surface area contributed by atoms with E-state index in [1.54, 1.807) is 17.9 Å². The quantitative estimate of drug-likeness (QED) is 0.714. The minimum Gasteiger partial charge on any atom is -0.481 e. The number of hydrogen-bond donors (Lipinski definition) is 1. The number of carbonyl (C=O) groups excluding carboxylic acids is 1. The van der Waals surface area contributed by atoms with Crippen LogP contribution in [0.1, 0.15) is 46.8 Å². The van der Waals surface area contributed by atoms with Crippen LogP contribution < -0.4 is 0 Å². The monoisotopic (exact) mass is 397 g/mol. The van der Waals surface area contributed by atoms with E-state index in [1.165, 1.54) is 0 Å². The van der Waals surface area contributed by atoms with Gasteiger partial charge in [0.2, 0.25) is 0 Å². The van der Waals surface area contributed by atoms with Crippen molar-refractivity contribution in [3.63, 3.8) is 0 Å². The third-order valence-corrected chi connectivity index (χ3v) is 5.53. The number of rotatable bonds is 4. The van der Waals surface area contributed by atoms with Crippen molar-refractivity contribution < 1.29 is 23.6 Å². The largest absolute Gasteiger partial charge is 0.481 e. The minimum atomic E-state index is -0.791. The SMILES string of the molecule is Cc1cc(-c2cc(C(=O)N3CCC(CC(=O)O)CC3)c3c(C)noc3n2)c(C)o1. The summed E-state index contributed by atoms with van der Waals surface area (Å²) >= 11 is 0. The van der Waals surface area contributed by atoms with Crippen molar-refractivity contribution >= 4 is 23.0 Å². The van der Waals surface area contributed by atoms with Gasteiger partial charge >= 0.3 is 5.97 Å². The number of aliphatic carboxylic acids is 1. The molecule has 8 nitrogen and oxygen atoms in total. The number of amides is 1. The van der Waals surface area contributed by atoms with Gasteiger partial charge in [0, 0.05) is 25.1 Å². The number of hydrogen-bond acceptors (Lipinski definition) is 6. The zero-order chi connectivity index (χ0) is 20.7.